The van der Waals surface area contributed by atoms with E-state index in [4.69, 9.17) is 0 Å². The van der Waals surface area contributed by atoms with Gasteiger partial charge in [0.25, 0.3) is 0 Å². The van der Waals surface area contributed by atoms with Crippen LogP contribution in [0.4, 0.5) is 0 Å². The standard InChI is InChI=1S/C17H28/c1-6-15-9-10-16(13-15)14(4)11-12-17(5,7-2)8-3/h6,10-12,14-15H,1,7-9,13H2,2-5H3. The minimum Gasteiger partial charge on any atom is -0.103 e. The minimum absolute atomic E-state index is 0.380. The van der Waals surface area contributed by atoms with Gasteiger partial charge in [0.1, 0.15) is 0 Å². The van der Waals surface area contributed by atoms with Crippen LogP contribution in [0.1, 0.15) is 53.4 Å². The Morgan fingerprint density at radius 2 is 2.12 bits per heavy atom. The molecule has 0 spiro atoms. The molecule has 2 unspecified atom stereocenters. The van der Waals surface area contributed by atoms with E-state index in [1.165, 1.54) is 25.7 Å². The van der Waals surface area contributed by atoms with Crippen LogP contribution in [0.15, 0.2) is 36.5 Å². The van der Waals surface area contributed by atoms with Gasteiger partial charge in [0.05, 0.1) is 0 Å². The first kappa shape index (κ1) is 14.3. The van der Waals surface area contributed by atoms with Crippen molar-refractivity contribution in [3.8, 4) is 0 Å². The molecule has 0 aliphatic heterocycles. The summed E-state index contributed by atoms with van der Waals surface area (Å²) >= 11 is 0. The molecule has 0 fully saturated rings. The second kappa shape index (κ2) is 6.23. The molecular weight excluding hydrogens is 204 g/mol. The minimum atomic E-state index is 0.380. The van der Waals surface area contributed by atoms with Gasteiger partial charge in [-0.3, -0.25) is 0 Å². The molecular formula is C17H28. The number of allylic oxidation sites excluding steroid dienone is 5. The summed E-state index contributed by atoms with van der Waals surface area (Å²) in [6.07, 6.45) is 14.2. The Bertz CT molecular complexity index is 302. The lowest BCUT2D eigenvalue weighted by atomic mass is 9.83. The fourth-order valence-corrected chi connectivity index (χ4v) is 2.31. The summed E-state index contributed by atoms with van der Waals surface area (Å²) in [6.45, 7) is 13.1. The summed E-state index contributed by atoms with van der Waals surface area (Å²) in [6, 6.07) is 0. The molecule has 2 atom stereocenters. The van der Waals surface area contributed by atoms with Gasteiger partial charge in [-0.05, 0) is 42.9 Å². The van der Waals surface area contributed by atoms with Crippen LogP contribution < -0.4 is 0 Å². The first-order valence-corrected chi connectivity index (χ1v) is 7.05. The van der Waals surface area contributed by atoms with Crippen LogP contribution in [0.5, 0.6) is 0 Å². The Balaban J connectivity index is 2.58. The van der Waals surface area contributed by atoms with Crippen molar-refractivity contribution in [3.63, 3.8) is 0 Å². The van der Waals surface area contributed by atoms with Gasteiger partial charge in [0.2, 0.25) is 0 Å². The highest BCUT2D eigenvalue weighted by Crippen LogP contribution is 2.33. The predicted octanol–water partition coefficient (Wildman–Crippen LogP) is 5.53. The molecule has 1 aliphatic carbocycles. The third-order valence-corrected chi connectivity index (χ3v) is 4.50. The van der Waals surface area contributed by atoms with Gasteiger partial charge in [0, 0.05) is 0 Å². The summed E-state index contributed by atoms with van der Waals surface area (Å²) in [5.41, 5.74) is 1.98. The summed E-state index contributed by atoms with van der Waals surface area (Å²) in [5.74, 6) is 1.28. The molecule has 0 saturated heterocycles. The molecule has 0 heterocycles. The molecule has 0 radical (unpaired) electrons. The molecule has 0 aromatic rings. The topological polar surface area (TPSA) is 0 Å². The van der Waals surface area contributed by atoms with Crippen molar-refractivity contribution in [2.24, 2.45) is 17.3 Å². The zero-order valence-corrected chi connectivity index (χ0v) is 12.0. The van der Waals surface area contributed by atoms with Gasteiger partial charge in [-0.2, -0.15) is 0 Å². The zero-order valence-electron chi connectivity index (χ0n) is 12.0. The zero-order chi connectivity index (χ0) is 12.9. The van der Waals surface area contributed by atoms with Crippen LogP contribution in [-0.2, 0) is 0 Å². The molecule has 1 aliphatic rings. The fourth-order valence-electron chi connectivity index (χ4n) is 2.31. The van der Waals surface area contributed by atoms with Gasteiger partial charge < -0.3 is 0 Å². The van der Waals surface area contributed by atoms with E-state index < -0.39 is 0 Å². The molecule has 0 saturated carbocycles. The van der Waals surface area contributed by atoms with Crippen LogP contribution in [0.25, 0.3) is 0 Å². The Labute approximate surface area is 108 Å². The van der Waals surface area contributed by atoms with Crippen molar-refractivity contribution in [1.82, 2.24) is 0 Å². The molecule has 1 rings (SSSR count). The first-order chi connectivity index (χ1) is 8.04. The monoisotopic (exact) mass is 232 g/mol. The van der Waals surface area contributed by atoms with E-state index in [9.17, 15) is 0 Å². The van der Waals surface area contributed by atoms with E-state index in [1.54, 1.807) is 5.57 Å². The van der Waals surface area contributed by atoms with E-state index >= 15 is 0 Å². The maximum Gasteiger partial charge on any atom is -0.00512 e. The summed E-state index contributed by atoms with van der Waals surface area (Å²) in [7, 11) is 0. The Morgan fingerprint density at radius 1 is 1.47 bits per heavy atom. The van der Waals surface area contributed by atoms with Crippen LogP contribution in [0.2, 0.25) is 0 Å². The maximum absolute atomic E-state index is 3.90. The largest absolute Gasteiger partial charge is 0.103 e. The molecule has 0 amide bonds. The smallest absolute Gasteiger partial charge is 0.00512 e. The highest BCUT2D eigenvalue weighted by molar-refractivity contribution is 5.20. The van der Waals surface area contributed by atoms with Crippen molar-refractivity contribution in [2.75, 3.05) is 0 Å². The van der Waals surface area contributed by atoms with Gasteiger partial charge in [-0.1, -0.05) is 57.6 Å². The summed E-state index contributed by atoms with van der Waals surface area (Å²) in [4.78, 5) is 0. The number of hydrogen-bond acceptors (Lipinski definition) is 0. The van der Waals surface area contributed by atoms with Gasteiger partial charge in [-0.15, -0.1) is 6.58 Å². The average Bonchev–Trinajstić information content (AvgIpc) is 2.84. The Morgan fingerprint density at radius 3 is 2.59 bits per heavy atom. The van der Waals surface area contributed by atoms with E-state index in [0.717, 1.165) is 0 Å². The van der Waals surface area contributed by atoms with Gasteiger partial charge in [-0.25, -0.2) is 0 Å². The third-order valence-electron chi connectivity index (χ3n) is 4.50. The van der Waals surface area contributed by atoms with Crippen LogP contribution in [0.3, 0.4) is 0 Å². The van der Waals surface area contributed by atoms with Crippen LogP contribution >= 0.6 is 0 Å². The van der Waals surface area contributed by atoms with Crippen molar-refractivity contribution in [1.29, 1.82) is 0 Å². The SMILES string of the molecule is C=CC1CC=C(C(C)C=CC(C)(CC)CC)C1. The quantitative estimate of drug-likeness (QED) is 0.528. The van der Waals surface area contributed by atoms with Crippen LogP contribution in [-0.4, -0.2) is 0 Å². The molecule has 17 heavy (non-hydrogen) atoms. The van der Waals surface area contributed by atoms with E-state index in [-0.39, 0.29) is 0 Å². The van der Waals surface area contributed by atoms with Crippen molar-refractivity contribution in [3.05, 3.63) is 36.5 Å². The molecule has 96 valence electrons. The summed E-state index contributed by atoms with van der Waals surface area (Å²) < 4.78 is 0. The molecule has 0 bridgehead atoms. The number of rotatable bonds is 6. The lowest BCUT2D eigenvalue weighted by Gasteiger charge is -2.23. The van der Waals surface area contributed by atoms with Crippen molar-refractivity contribution < 1.29 is 0 Å². The molecule has 0 aromatic carbocycles. The average molecular weight is 232 g/mol. The highest BCUT2D eigenvalue weighted by atomic mass is 14.2. The third kappa shape index (κ3) is 3.87. The second-order valence-electron chi connectivity index (χ2n) is 5.72. The van der Waals surface area contributed by atoms with E-state index in [0.29, 0.717) is 17.3 Å². The van der Waals surface area contributed by atoms with Crippen molar-refractivity contribution >= 4 is 0 Å². The first-order valence-electron chi connectivity index (χ1n) is 7.05. The summed E-state index contributed by atoms with van der Waals surface area (Å²) in [5, 5.41) is 0. The van der Waals surface area contributed by atoms with Gasteiger partial charge in [0.15, 0.2) is 0 Å². The van der Waals surface area contributed by atoms with Gasteiger partial charge >= 0.3 is 0 Å². The van der Waals surface area contributed by atoms with Crippen LogP contribution in [0, 0.1) is 17.3 Å². The second-order valence-corrected chi connectivity index (χ2v) is 5.72. The Kier molecular flexibility index (Phi) is 5.24. The molecule has 0 N–H and O–H groups in total. The normalized spacial score (nSPS) is 22.8. The van der Waals surface area contributed by atoms with E-state index in [1.807, 2.05) is 0 Å². The molecule has 0 heteroatoms. The molecule has 0 nitrogen and oxygen atoms in total. The predicted molar refractivity (Wildman–Crippen MR) is 78.0 cm³/mol. The maximum atomic E-state index is 3.90. The highest BCUT2D eigenvalue weighted by Gasteiger charge is 2.19. The Hall–Kier alpha value is -0.780. The van der Waals surface area contributed by atoms with Crippen molar-refractivity contribution in [2.45, 2.75) is 53.4 Å². The fraction of sp³-hybridized carbons (Fsp3) is 0.647. The molecule has 0 aromatic heterocycles. The number of hydrogen-bond donors (Lipinski definition) is 0. The lowest BCUT2D eigenvalue weighted by Crippen LogP contribution is -2.10. The van der Waals surface area contributed by atoms with E-state index in [2.05, 4.69) is 58.6 Å². The lowest BCUT2D eigenvalue weighted by molar-refractivity contribution is 0.393.